The first-order chi connectivity index (χ1) is 15.0. The fraction of sp³-hybridized carbons (Fsp3) is 0.200. The molecular formula is C20H18ClN7O3. The van der Waals surface area contributed by atoms with Crippen molar-refractivity contribution < 1.29 is 9.84 Å². The van der Waals surface area contributed by atoms with Crippen LogP contribution in [-0.4, -0.2) is 42.8 Å². The fourth-order valence-electron chi connectivity index (χ4n) is 3.16. The summed E-state index contributed by atoms with van der Waals surface area (Å²) >= 11 is 6.42. The molecule has 0 radical (unpaired) electrons. The monoisotopic (exact) mass is 439 g/mol. The highest BCUT2D eigenvalue weighted by Gasteiger charge is 2.20. The molecule has 0 amide bonds. The predicted molar refractivity (Wildman–Crippen MR) is 115 cm³/mol. The molecule has 1 aliphatic carbocycles. The van der Waals surface area contributed by atoms with E-state index >= 15 is 0 Å². The quantitative estimate of drug-likeness (QED) is 0.372. The minimum absolute atomic E-state index is 0.233. The van der Waals surface area contributed by atoms with Crippen LogP contribution in [0.2, 0.25) is 5.02 Å². The van der Waals surface area contributed by atoms with E-state index in [-0.39, 0.29) is 17.6 Å². The summed E-state index contributed by atoms with van der Waals surface area (Å²) in [5.41, 5.74) is 1.50. The summed E-state index contributed by atoms with van der Waals surface area (Å²) in [6.45, 7) is 0. The minimum Gasteiger partial charge on any atom is -0.495 e. The van der Waals surface area contributed by atoms with Crippen molar-refractivity contribution in [1.82, 2.24) is 24.6 Å². The molecule has 4 N–H and O–H groups in total. The first-order valence-electron chi connectivity index (χ1n) is 9.57. The highest BCUT2D eigenvalue weighted by molar-refractivity contribution is 6.34. The van der Waals surface area contributed by atoms with Crippen molar-refractivity contribution in [3.8, 4) is 11.6 Å². The van der Waals surface area contributed by atoms with Gasteiger partial charge in [-0.1, -0.05) is 17.7 Å². The van der Waals surface area contributed by atoms with Gasteiger partial charge in [0.2, 0.25) is 5.88 Å². The van der Waals surface area contributed by atoms with Gasteiger partial charge in [-0.2, -0.15) is 9.61 Å². The van der Waals surface area contributed by atoms with Crippen LogP contribution < -0.4 is 26.4 Å². The lowest BCUT2D eigenvalue weighted by Crippen LogP contribution is -2.19. The molecule has 11 heteroatoms. The topological polar surface area (TPSA) is 133 Å². The van der Waals surface area contributed by atoms with Gasteiger partial charge in [0.15, 0.2) is 11.1 Å². The van der Waals surface area contributed by atoms with E-state index < -0.39 is 5.69 Å². The van der Waals surface area contributed by atoms with Crippen molar-refractivity contribution >= 4 is 34.8 Å². The number of benzene rings is 1. The molecule has 158 valence electrons. The van der Waals surface area contributed by atoms with Crippen molar-refractivity contribution in [2.24, 2.45) is 4.99 Å². The van der Waals surface area contributed by atoms with Crippen LogP contribution in [0.4, 0.5) is 11.5 Å². The second kappa shape index (κ2) is 7.47. The summed E-state index contributed by atoms with van der Waals surface area (Å²) in [6, 6.07) is 7.48. The largest absolute Gasteiger partial charge is 0.495 e. The summed E-state index contributed by atoms with van der Waals surface area (Å²) in [5, 5.41) is 18.5. The van der Waals surface area contributed by atoms with Crippen molar-refractivity contribution in [2.45, 2.75) is 18.9 Å². The van der Waals surface area contributed by atoms with E-state index in [0.29, 0.717) is 38.6 Å². The van der Waals surface area contributed by atoms with Crippen LogP contribution in [0, 0.1) is 0 Å². The van der Waals surface area contributed by atoms with Crippen molar-refractivity contribution in [3.05, 3.63) is 62.4 Å². The Labute approximate surface area is 179 Å². The lowest BCUT2D eigenvalue weighted by molar-refractivity contribution is 0.415. The lowest BCUT2D eigenvalue weighted by atomic mass is 10.3. The highest BCUT2D eigenvalue weighted by Crippen LogP contribution is 2.33. The Balaban J connectivity index is 1.68. The number of halogens is 1. The maximum Gasteiger partial charge on any atom is 0.326 e. The van der Waals surface area contributed by atoms with E-state index in [1.807, 2.05) is 12.1 Å². The number of methoxy groups -OCH3 is 1. The van der Waals surface area contributed by atoms with E-state index in [0.717, 1.165) is 12.8 Å². The number of nitrogens with zero attached hydrogens (tertiary/aromatic N) is 4. The van der Waals surface area contributed by atoms with Gasteiger partial charge in [0.05, 0.1) is 25.0 Å². The zero-order valence-electron chi connectivity index (χ0n) is 16.4. The molecule has 0 spiro atoms. The molecule has 5 rings (SSSR count). The molecule has 3 heterocycles. The molecule has 0 unspecified atom stereocenters. The van der Waals surface area contributed by atoms with Crippen LogP contribution >= 0.6 is 11.6 Å². The van der Waals surface area contributed by atoms with Gasteiger partial charge >= 0.3 is 5.69 Å². The number of hydrogen-bond acceptors (Lipinski definition) is 7. The van der Waals surface area contributed by atoms with Crippen LogP contribution in [0.5, 0.6) is 11.6 Å². The molecule has 31 heavy (non-hydrogen) atoms. The summed E-state index contributed by atoms with van der Waals surface area (Å²) in [4.78, 5) is 25.7. The number of aromatic nitrogens is 5. The molecule has 1 fully saturated rings. The first kappa shape index (κ1) is 19.2. The molecule has 0 atom stereocenters. The lowest BCUT2D eigenvalue weighted by Gasteiger charge is -2.10. The van der Waals surface area contributed by atoms with E-state index in [4.69, 9.17) is 21.3 Å². The Morgan fingerprint density at radius 2 is 2.23 bits per heavy atom. The number of nitrogens with one attached hydrogen (secondary N) is 3. The molecule has 4 aromatic rings. The summed E-state index contributed by atoms with van der Waals surface area (Å²) < 4.78 is 6.91. The van der Waals surface area contributed by atoms with Crippen molar-refractivity contribution in [1.29, 1.82) is 0 Å². The second-order valence-electron chi connectivity index (χ2n) is 7.13. The number of H-pyrrole nitrogens is 2. The third-order valence-corrected chi connectivity index (χ3v) is 5.21. The Morgan fingerprint density at radius 1 is 1.39 bits per heavy atom. The Hall–Kier alpha value is -3.79. The molecule has 1 aromatic carbocycles. The number of aromatic amines is 2. The number of imidazole rings is 1. The zero-order valence-corrected chi connectivity index (χ0v) is 17.1. The van der Waals surface area contributed by atoms with Gasteiger partial charge in [-0.05, 0) is 31.1 Å². The van der Waals surface area contributed by atoms with Gasteiger partial charge in [-0.3, -0.25) is 9.98 Å². The Morgan fingerprint density at radius 3 is 2.94 bits per heavy atom. The van der Waals surface area contributed by atoms with Gasteiger partial charge < -0.3 is 20.1 Å². The highest BCUT2D eigenvalue weighted by atomic mass is 35.5. The normalized spacial score (nSPS) is 15.0. The molecule has 3 aromatic heterocycles. The van der Waals surface area contributed by atoms with Gasteiger partial charge in [-0.25, -0.2) is 9.78 Å². The van der Waals surface area contributed by atoms with Crippen LogP contribution in [0.1, 0.15) is 18.5 Å². The fourth-order valence-corrected chi connectivity index (χ4v) is 3.41. The van der Waals surface area contributed by atoms with Crippen molar-refractivity contribution in [3.63, 3.8) is 0 Å². The average Bonchev–Trinajstić information content (AvgIpc) is 3.38. The van der Waals surface area contributed by atoms with Gasteiger partial charge in [0.1, 0.15) is 22.3 Å². The standard InChI is InChI=1S/C20H18ClN7O3/c1-31-14-4-2-3-12(17(14)21)24-15-8-16(23-11-5-6-11)28-18(26-15)10(9-22-28)7-13-19(29)27-20(30)25-13/h2-4,7-9,11,24,29H,5-6H2,1H3,(H2,25,27,30). The molecule has 0 bridgehead atoms. The minimum atomic E-state index is -0.507. The smallest absolute Gasteiger partial charge is 0.326 e. The van der Waals surface area contributed by atoms with Crippen LogP contribution in [-0.2, 0) is 0 Å². The van der Waals surface area contributed by atoms with Crippen LogP contribution in [0.25, 0.3) is 11.7 Å². The molecular weight excluding hydrogens is 422 g/mol. The van der Waals surface area contributed by atoms with Gasteiger partial charge in [0.25, 0.3) is 0 Å². The number of ether oxygens (including phenoxy) is 1. The van der Waals surface area contributed by atoms with Crippen LogP contribution in [0.15, 0.2) is 40.2 Å². The Kier molecular flexibility index (Phi) is 4.63. The number of anilines is 2. The number of fused-ring (bicyclic) bond motifs is 1. The maximum atomic E-state index is 11.5. The number of rotatable bonds is 5. The summed E-state index contributed by atoms with van der Waals surface area (Å²) in [5.74, 6) is 0.801. The van der Waals surface area contributed by atoms with E-state index in [1.165, 1.54) is 0 Å². The van der Waals surface area contributed by atoms with Crippen LogP contribution in [0.3, 0.4) is 0 Å². The molecule has 1 aliphatic rings. The van der Waals surface area contributed by atoms with Gasteiger partial charge in [0, 0.05) is 11.3 Å². The van der Waals surface area contributed by atoms with E-state index in [2.05, 4.69) is 25.4 Å². The number of hydrogen-bond donors (Lipinski definition) is 4. The second-order valence-corrected chi connectivity index (χ2v) is 7.51. The average molecular weight is 440 g/mol. The predicted octanol–water partition coefficient (Wildman–Crippen LogP) is 1.47. The van der Waals surface area contributed by atoms with E-state index in [1.54, 1.807) is 36.0 Å². The third kappa shape index (κ3) is 3.73. The van der Waals surface area contributed by atoms with E-state index in [9.17, 15) is 9.90 Å². The first-order valence-corrected chi connectivity index (χ1v) is 9.95. The molecule has 0 saturated heterocycles. The zero-order chi connectivity index (χ0) is 21.5. The molecule has 0 aliphatic heterocycles. The van der Waals surface area contributed by atoms with Gasteiger partial charge in [-0.15, -0.1) is 0 Å². The maximum absolute atomic E-state index is 11.5. The Bertz CT molecular complexity index is 1470. The SMILES string of the molecule is COc1cccc(Nc2cc(=NC3CC3)n3ncc(=Cc4[nH]c(=O)[nH]c4O)c3n2)c1Cl. The summed E-state index contributed by atoms with van der Waals surface area (Å²) in [7, 11) is 1.55. The number of aromatic hydroxyl groups is 1. The molecule has 1 saturated carbocycles. The third-order valence-electron chi connectivity index (χ3n) is 4.82. The van der Waals surface area contributed by atoms with Crippen molar-refractivity contribution in [2.75, 3.05) is 12.4 Å². The molecule has 10 nitrogen and oxygen atoms in total. The summed E-state index contributed by atoms with van der Waals surface area (Å²) in [6.07, 6.45) is 5.26.